The van der Waals surface area contributed by atoms with E-state index in [1.165, 1.54) is 17.1 Å². The molecule has 0 aliphatic carbocycles. The van der Waals surface area contributed by atoms with Crippen LogP contribution in [-0.2, 0) is 28.8 Å². The van der Waals surface area contributed by atoms with Gasteiger partial charge in [0.05, 0.1) is 0 Å². The second-order valence-electron chi connectivity index (χ2n) is 5.73. The van der Waals surface area contributed by atoms with Gasteiger partial charge >= 0.3 is 5.97 Å². The van der Waals surface area contributed by atoms with Crippen molar-refractivity contribution in [2.24, 2.45) is 0 Å². The van der Waals surface area contributed by atoms with E-state index < -0.39 is 17.8 Å². The van der Waals surface area contributed by atoms with Crippen molar-refractivity contribution in [3.63, 3.8) is 0 Å². The molecule has 2 aliphatic heterocycles. The second kappa shape index (κ2) is 7.85. The maximum Gasteiger partial charge on any atom is 0.333 e. The summed E-state index contributed by atoms with van der Waals surface area (Å²) in [6.07, 6.45) is 5.03. The zero-order chi connectivity index (χ0) is 17.7. The fraction of sp³-hybridized carbons (Fsp3) is 0.562. The van der Waals surface area contributed by atoms with E-state index in [2.05, 4.69) is 0 Å². The van der Waals surface area contributed by atoms with Crippen LogP contribution in [0.2, 0.25) is 0 Å². The predicted molar refractivity (Wildman–Crippen MR) is 80.7 cm³/mol. The third-order valence-corrected chi connectivity index (χ3v) is 4.05. The van der Waals surface area contributed by atoms with Gasteiger partial charge in [0.2, 0.25) is 0 Å². The number of unbranched alkanes of at least 4 members (excludes halogenated alkanes) is 1. The summed E-state index contributed by atoms with van der Waals surface area (Å²) in [4.78, 5) is 63.7. The van der Waals surface area contributed by atoms with Crippen LogP contribution in [-0.4, -0.2) is 45.6 Å². The highest BCUT2D eigenvalue weighted by atomic mass is 16.7. The number of hydrogen-bond acceptors (Lipinski definition) is 6. The second-order valence-corrected chi connectivity index (χ2v) is 5.73. The van der Waals surface area contributed by atoms with Gasteiger partial charge in [0, 0.05) is 37.5 Å². The van der Waals surface area contributed by atoms with Crippen LogP contribution in [0.5, 0.6) is 0 Å². The van der Waals surface area contributed by atoms with E-state index in [1.807, 2.05) is 6.92 Å². The molecule has 0 aromatic heterocycles. The fourth-order valence-electron chi connectivity index (χ4n) is 2.74. The molecule has 2 heterocycles. The van der Waals surface area contributed by atoms with Crippen LogP contribution in [0.4, 0.5) is 0 Å². The molecule has 0 radical (unpaired) electrons. The van der Waals surface area contributed by atoms with Crippen molar-refractivity contribution < 1.29 is 28.8 Å². The topological polar surface area (TPSA) is 101 Å². The zero-order valence-corrected chi connectivity index (χ0v) is 13.5. The smallest absolute Gasteiger partial charge is 0.330 e. The Balaban J connectivity index is 1.71. The van der Waals surface area contributed by atoms with E-state index in [0.717, 1.165) is 0 Å². The Morgan fingerprint density at radius 3 is 2.21 bits per heavy atom. The highest BCUT2D eigenvalue weighted by Crippen LogP contribution is 2.18. The summed E-state index contributed by atoms with van der Waals surface area (Å²) in [6, 6.07) is -0.197. The number of carbonyl (C=O) groups is 5. The molecule has 8 heteroatoms. The molecule has 4 amide bonds. The van der Waals surface area contributed by atoms with Crippen LogP contribution in [0.1, 0.15) is 51.9 Å². The molecular formula is C16H20N2O6. The summed E-state index contributed by atoms with van der Waals surface area (Å²) >= 11 is 0. The van der Waals surface area contributed by atoms with Crippen molar-refractivity contribution in [1.82, 2.24) is 9.96 Å². The van der Waals surface area contributed by atoms with Gasteiger partial charge in [0.1, 0.15) is 0 Å². The molecule has 8 nitrogen and oxygen atoms in total. The lowest BCUT2D eigenvalue weighted by atomic mass is 10.0. The summed E-state index contributed by atoms with van der Waals surface area (Å²) in [7, 11) is 0. The number of imide groups is 2. The van der Waals surface area contributed by atoms with Gasteiger partial charge in [-0.05, 0) is 19.3 Å². The van der Waals surface area contributed by atoms with Gasteiger partial charge in [-0.2, -0.15) is 0 Å². The maximum atomic E-state index is 11.7. The highest BCUT2D eigenvalue weighted by molar-refractivity contribution is 6.13. The number of nitrogens with zero attached hydrogens (tertiary/aromatic N) is 2. The fourth-order valence-corrected chi connectivity index (χ4v) is 2.74. The number of rotatable bonds is 8. The van der Waals surface area contributed by atoms with E-state index in [0.29, 0.717) is 30.7 Å². The molecule has 24 heavy (non-hydrogen) atoms. The summed E-state index contributed by atoms with van der Waals surface area (Å²) in [6.45, 7) is 1.89. The summed E-state index contributed by atoms with van der Waals surface area (Å²) in [5, 5.41) is 0.532. The Hall–Kier alpha value is -2.51. The van der Waals surface area contributed by atoms with Crippen molar-refractivity contribution in [1.29, 1.82) is 0 Å². The molecule has 0 N–H and O–H groups in total. The summed E-state index contributed by atoms with van der Waals surface area (Å²) < 4.78 is 0. The first-order chi connectivity index (χ1) is 11.4. The van der Waals surface area contributed by atoms with E-state index in [1.54, 1.807) is 0 Å². The minimum absolute atomic E-state index is 0.0631. The molecule has 0 bridgehead atoms. The van der Waals surface area contributed by atoms with Crippen LogP contribution >= 0.6 is 0 Å². The van der Waals surface area contributed by atoms with Crippen molar-refractivity contribution in [3.05, 3.63) is 12.2 Å². The van der Waals surface area contributed by atoms with Gasteiger partial charge in [0.15, 0.2) is 0 Å². The van der Waals surface area contributed by atoms with Gasteiger partial charge in [-0.3, -0.25) is 24.1 Å². The SMILES string of the molecule is CCC(CCCCC(=O)ON1C(=O)CCC1=O)N1C(=O)C=CC1=O. The van der Waals surface area contributed by atoms with Crippen LogP contribution in [0.25, 0.3) is 0 Å². The Morgan fingerprint density at radius 2 is 1.67 bits per heavy atom. The van der Waals surface area contributed by atoms with Crippen molar-refractivity contribution in [3.8, 4) is 0 Å². The Bertz CT molecular complexity index is 563. The third-order valence-electron chi connectivity index (χ3n) is 4.05. The molecule has 1 atom stereocenters. The molecule has 0 aromatic rings. The molecule has 1 saturated heterocycles. The van der Waals surface area contributed by atoms with Crippen LogP contribution in [0.15, 0.2) is 12.2 Å². The molecule has 1 unspecified atom stereocenters. The van der Waals surface area contributed by atoms with Gasteiger partial charge in [-0.1, -0.05) is 13.3 Å². The van der Waals surface area contributed by atoms with Crippen molar-refractivity contribution in [2.45, 2.75) is 57.9 Å². The first-order valence-electron chi connectivity index (χ1n) is 8.05. The lowest BCUT2D eigenvalue weighted by Gasteiger charge is -2.25. The minimum atomic E-state index is -0.637. The van der Waals surface area contributed by atoms with Gasteiger partial charge < -0.3 is 4.84 Å². The van der Waals surface area contributed by atoms with E-state index in [9.17, 15) is 24.0 Å². The van der Waals surface area contributed by atoms with Crippen molar-refractivity contribution in [2.75, 3.05) is 0 Å². The molecule has 0 spiro atoms. The molecule has 0 aromatic carbocycles. The number of hydroxylamine groups is 2. The average molecular weight is 336 g/mol. The monoisotopic (exact) mass is 336 g/mol. The average Bonchev–Trinajstić information content (AvgIpc) is 3.04. The van der Waals surface area contributed by atoms with Crippen LogP contribution in [0, 0.1) is 0 Å². The van der Waals surface area contributed by atoms with Crippen LogP contribution in [0.3, 0.4) is 0 Å². The Labute approximate surface area is 139 Å². The van der Waals surface area contributed by atoms with E-state index in [4.69, 9.17) is 4.84 Å². The van der Waals surface area contributed by atoms with Crippen molar-refractivity contribution >= 4 is 29.6 Å². The largest absolute Gasteiger partial charge is 0.333 e. The predicted octanol–water partition coefficient (Wildman–Crippen LogP) is 0.858. The number of hydrogen-bond donors (Lipinski definition) is 0. The standard InChI is InChI=1S/C16H20N2O6/c1-2-11(17-12(19)7-8-13(17)20)5-3-4-6-16(23)24-18-14(21)9-10-15(18)22/h7-8,11H,2-6,9-10H2,1H3. The number of carbonyl (C=O) groups excluding carboxylic acids is 5. The first kappa shape index (κ1) is 17.8. The molecule has 130 valence electrons. The van der Waals surface area contributed by atoms with Gasteiger partial charge in [0.25, 0.3) is 23.6 Å². The Morgan fingerprint density at radius 1 is 1.08 bits per heavy atom. The quantitative estimate of drug-likeness (QED) is 0.481. The first-order valence-corrected chi connectivity index (χ1v) is 8.05. The maximum absolute atomic E-state index is 11.7. The molecule has 2 rings (SSSR count). The zero-order valence-electron chi connectivity index (χ0n) is 13.5. The molecular weight excluding hydrogens is 316 g/mol. The minimum Gasteiger partial charge on any atom is -0.330 e. The summed E-state index contributed by atoms with van der Waals surface area (Å²) in [5.74, 6) is -2.26. The summed E-state index contributed by atoms with van der Waals surface area (Å²) in [5.41, 5.74) is 0. The number of amides is 4. The molecule has 2 aliphatic rings. The molecule has 0 saturated carbocycles. The lowest BCUT2D eigenvalue weighted by Crippen LogP contribution is -2.39. The molecule has 1 fully saturated rings. The third kappa shape index (κ3) is 4.06. The Kier molecular flexibility index (Phi) is 5.83. The lowest BCUT2D eigenvalue weighted by molar-refractivity contribution is -0.197. The van der Waals surface area contributed by atoms with Gasteiger partial charge in [-0.25, -0.2) is 4.79 Å². The normalized spacial score (nSPS) is 18.7. The van der Waals surface area contributed by atoms with E-state index >= 15 is 0 Å². The van der Waals surface area contributed by atoms with Gasteiger partial charge in [-0.15, -0.1) is 5.06 Å². The van der Waals surface area contributed by atoms with E-state index in [-0.39, 0.29) is 37.1 Å². The highest BCUT2D eigenvalue weighted by Gasteiger charge is 2.33. The van der Waals surface area contributed by atoms with Crippen LogP contribution < -0.4 is 0 Å².